The Morgan fingerprint density at radius 3 is 2.62 bits per heavy atom. The number of rotatable bonds is 4. The first-order valence-electron chi connectivity index (χ1n) is 6.01. The zero-order valence-electron chi connectivity index (χ0n) is 10.5. The number of hydrogen-bond donors (Lipinski definition) is 1. The second-order valence-corrected chi connectivity index (χ2v) is 4.87. The Hall–Kier alpha value is -1.02. The van der Waals surface area contributed by atoms with Gasteiger partial charge in [-0.05, 0) is 32.9 Å². The maximum absolute atomic E-state index is 5.50. The molecule has 88 valence electrons. The van der Waals surface area contributed by atoms with Crippen molar-refractivity contribution in [3.05, 3.63) is 29.3 Å². The van der Waals surface area contributed by atoms with Gasteiger partial charge >= 0.3 is 0 Å². The van der Waals surface area contributed by atoms with E-state index in [1.807, 2.05) is 7.05 Å². The first-order valence-corrected chi connectivity index (χ1v) is 6.01. The van der Waals surface area contributed by atoms with Crippen molar-refractivity contribution in [2.45, 2.75) is 31.6 Å². The molecule has 1 saturated carbocycles. The van der Waals surface area contributed by atoms with Gasteiger partial charge in [0.25, 0.3) is 0 Å². The Labute approximate surface area is 98.0 Å². The fourth-order valence-corrected chi connectivity index (χ4v) is 2.72. The molecule has 0 aromatic heterocycles. The summed E-state index contributed by atoms with van der Waals surface area (Å²) in [5.74, 6) is 1.04. The van der Waals surface area contributed by atoms with Gasteiger partial charge in [-0.25, -0.2) is 0 Å². The second-order valence-electron chi connectivity index (χ2n) is 4.87. The summed E-state index contributed by atoms with van der Waals surface area (Å²) in [5.41, 5.74) is 3.01. The predicted molar refractivity (Wildman–Crippen MR) is 67.2 cm³/mol. The molecule has 1 aromatic carbocycles. The van der Waals surface area contributed by atoms with Gasteiger partial charge in [-0.1, -0.05) is 24.1 Å². The summed E-state index contributed by atoms with van der Waals surface area (Å²) >= 11 is 0. The van der Waals surface area contributed by atoms with E-state index in [-0.39, 0.29) is 0 Å². The highest BCUT2D eigenvalue weighted by Crippen LogP contribution is 2.46. The van der Waals surface area contributed by atoms with Crippen molar-refractivity contribution < 1.29 is 4.74 Å². The first-order chi connectivity index (χ1) is 7.72. The highest BCUT2D eigenvalue weighted by molar-refractivity contribution is 5.44. The molecule has 1 aromatic rings. The van der Waals surface area contributed by atoms with Crippen LogP contribution in [0.15, 0.2) is 18.2 Å². The highest BCUT2D eigenvalue weighted by atomic mass is 16.5. The van der Waals surface area contributed by atoms with Crippen LogP contribution in [0.3, 0.4) is 0 Å². The number of aryl methyl sites for hydroxylation is 1. The van der Waals surface area contributed by atoms with Crippen molar-refractivity contribution in [2.24, 2.45) is 0 Å². The van der Waals surface area contributed by atoms with E-state index in [1.165, 1.54) is 30.4 Å². The molecule has 0 saturated heterocycles. The molecule has 0 amide bonds. The predicted octanol–water partition coefficient (Wildman–Crippen LogP) is 2.64. The average Bonchev–Trinajstić information content (AvgIpc) is 2.23. The number of methoxy groups -OCH3 is 1. The van der Waals surface area contributed by atoms with Crippen molar-refractivity contribution in [3.8, 4) is 5.75 Å². The average molecular weight is 219 g/mol. The minimum Gasteiger partial charge on any atom is -0.496 e. The number of benzene rings is 1. The fourth-order valence-electron chi connectivity index (χ4n) is 2.72. The molecule has 2 heteroatoms. The molecule has 0 aliphatic heterocycles. The van der Waals surface area contributed by atoms with Crippen LogP contribution < -0.4 is 10.1 Å². The van der Waals surface area contributed by atoms with Crippen molar-refractivity contribution in [3.63, 3.8) is 0 Å². The van der Waals surface area contributed by atoms with Gasteiger partial charge in [0.15, 0.2) is 0 Å². The van der Waals surface area contributed by atoms with Gasteiger partial charge in [-0.2, -0.15) is 0 Å². The Bertz CT molecular complexity index is 369. The van der Waals surface area contributed by atoms with Crippen LogP contribution in [0.4, 0.5) is 0 Å². The van der Waals surface area contributed by atoms with Crippen LogP contribution in [0.5, 0.6) is 5.75 Å². The third-order valence-electron chi connectivity index (χ3n) is 3.75. The molecule has 1 N–H and O–H groups in total. The Morgan fingerprint density at radius 2 is 2.12 bits per heavy atom. The molecule has 0 unspecified atom stereocenters. The summed E-state index contributed by atoms with van der Waals surface area (Å²) in [5, 5.41) is 3.32. The van der Waals surface area contributed by atoms with Crippen LogP contribution in [0.25, 0.3) is 0 Å². The molecule has 0 atom stereocenters. The quantitative estimate of drug-likeness (QED) is 0.840. The van der Waals surface area contributed by atoms with Crippen LogP contribution in [-0.4, -0.2) is 20.7 Å². The Kier molecular flexibility index (Phi) is 3.20. The van der Waals surface area contributed by atoms with E-state index in [1.54, 1.807) is 7.11 Å². The molecule has 0 radical (unpaired) electrons. The summed E-state index contributed by atoms with van der Waals surface area (Å²) in [6, 6.07) is 6.50. The van der Waals surface area contributed by atoms with Gasteiger partial charge in [0.1, 0.15) is 5.75 Å². The molecule has 2 rings (SSSR count). The van der Waals surface area contributed by atoms with Crippen LogP contribution in [0, 0.1) is 6.92 Å². The number of ether oxygens (including phenoxy) is 1. The molecule has 1 aliphatic rings. The number of nitrogens with one attached hydrogen (secondary N) is 1. The maximum atomic E-state index is 5.50. The highest BCUT2D eigenvalue weighted by Gasteiger charge is 2.39. The summed E-state index contributed by atoms with van der Waals surface area (Å²) in [4.78, 5) is 0. The zero-order chi connectivity index (χ0) is 11.6. The number of hydrogen-bond acceptors (Lipinski definition) is 2. The van der Waals surface area contributed by atoms with Crippen molar-refractivity contribution in [2.75, 3.05) is 20.7 Å². The summed E-state index contributed by atoms with van der Waals surface area (Å²) in [7, 11) is 3.79. The first kappa shape index (κ1) is 11.5. The SMILES string of the molecule is CNCC1(c2cc(C)ccc2OC)CCC1. The van der Waals surface area contributed by atoms with E-state index in [0.717, 1.165) is 12.3 Å². The standard InChI is InChI=1S/C14H21NO/c1-11-5-6-13(16-3)12(9-11)14(10-15-2)7-4-8-14/h5-6,9,15H,4,7-8,10H2,1-3H3. The minimum atomic E-state index is 0.312. The number of likely N-dealkylation sites (N-methyl/N-ethyl adjacent to an activating group) is 1. The van der Waals surface area contributed by atoms with E-state index in [9.17, 15) is 0 Å². The van der Waals surface area contributed by atoms with Crippen LogP contribution >= 0.6 is 0 Å². The third kappa shape index (κ3) is 1.82. The van der Waals surface area contributed by atoms with Gasteiger partial charge < -0.3 is 10.1 Å². The lowest BCUT2D eigenvalue weighted by molar-refractivity contribution is 0.230. The molecule has 0 bridgehead atoms. The van der Waals surface area contributed by atoms with Gasteiger partial charge in [0.05, 0.1) is 7.11 Å². The van der Waals surface area contributed by atoms with Crippen molar-refractivity contribution in [1.82, 2.24) is 5.32 Å². The van der Waals surface area contributed by atoms with Crippen molar-refractivity contribution >= 4 is 0 Å². The van der Waals surface area contributed by atoms with Crippen LogP contribution in [-0.2, 0) is 5.41 Å². The molecular weight excluding hydrogens is 198 g/mol. The lowest BCUT2D eigenvalue weighted by Gasteiger charge is -2.43. The summed E-state index contributed by atoms with van der Waals surface area (Å²) in [6.45, 7) is 3.20. The lowest BCUT2D eigenvalue weighted by atomic mass is 9.64. The molecule has 0 heterocycles. The van der Waals surface area contributed by atoms with Crippen molar-refractivity contribution in [1.29, 1.82) is 0 Å². The van der Waals surface area contributed by atoms with Crippen LogP contribution in [0.2, 0.25) is 0 Å². The summed E-state index contributed by atoms with van der Waals surface area (Å²) in [6.07, 6.45) is 3.88. The lowest BCUT2D eigenvalue weighted by Crippen LogP contribution is -2.43. The third-order valence-corrected chi connectivity index (χ3v) is 3.75. The zero-order valence-corrected chi connectivity index (χ0v) is 10.5. The van der Waals surface area contributed by atoms with E-state index < -0.39 is 0 Å². The van der Waals surface area contributed by atoms with Gasteiger partial charge in [0.2, 0.25) is 0 Å². The Balaban J connectivity index is 2.40. The normalized spacial score (nSPS) is 17.9. The Morgan fingerprint density at radius 1 is 1.38 bits per heavy atom. The largest absolute Gasteiger partial charge is 0.496 e. The van der Waals surface area contributed by atoms with E-state index in [0.29, 0.717) is 5.41 Å². The fraction of sp³-hybridized carbons (Fsp3) is 0.571. The molecule has 2 nitrogen and oxygen atoms in total. The molecular formula is C14H21NO. The van der Waals surface area contributed by atoms with E-state index >= 15 is 0 Å². The second kappa shape index (κ2) is 4.46. The molecule has 16 heavy (non-hydrogen) atoms. The van der Waals surface area contributed by atoms with Crippen LogP contribution in [0.1, 0.15) is 30.4 Å². The van der Waals surface area contributed by atoms with Gasteiger partial charge in [0, 0.05) is 17.5 Å². The molecule has 1 fully saturated rings. The van der Waals surface area contributed by atoms with E-state index in [4.69, 9.17) is 4.74 Å². The molecule has 0 spiro atoms. The maximum Gasteiger partial charge on any atom is 0.122 e. The summed E-state index contributed by atoms with van der Waals surface area (Å²) < 4.78 is 5.50. The smallest absolute Gasteiger partial charge is 0.122 e. The topological polar surface area (TPSA) is 21.3 Å². The van der Waals surface area contributed by atoms with Gasteiger partial charge in [-0.15, -0.1) is 0 Å². The molecule has 1 aliphatic carbocycles. The monoisotopic (exact) mass is 219 g/mol. The minimum absolute atomic E-state index is 0.312. The van der Waals surface area contributed by atoms with E-state index in [2.05, 4.69) is 30.4 Å². The van der Waals surface area contributed by atoms with Gasteiger partial charge in [-0.3, -0.25) is 0 Å².